The fourth-order valence-corrected chi connectivity index (χ4v) is 1.48. The first-order chi connectivity index (χ1) is 7.33. The van der Waals surface area contributed by atoms with Crippen LogP contribution in [0.4, 0.5) is 10.5 Å². The maximum atomic E-state index is 11.5. The van der Waals surface area contributed by atoms with Crippen LogP contribution in [-0.2, 0) is 4.74 Å². The van der Waals surface area contributed by atoms with Crippen molar-refractivity contribution in [2.45, 2.75) is 0 Å². The molecule has 1 aliphatic rings. The predicted molar refractivity (Wildman–Crippen MR) is 59.5 cm³/mol. The van der Waals surface area contributed by atoms with E-state index in [9.17, 15) is 4.79 Å². The number of fused-ring (bicyclic) bond motifs is 1. The summed E-state index contributed by atoms with van der Waals surface area (Å²) in [4.78, 5) is 13.0. The van der Waals surface area contributed by atoms with E-state index in [1.54, 1.807) is 12.3 Å². The number of ether oxygens (including phenoxy) is 1. The Morgan fingerprint density at radius 3 is 2.87 bits per heavy atom. The number of rotatable bonds is 0. The first-order valence-electron chi connectivity index (χ1n) is 4.64. The summed E-state index contributed by atoms with van der Waals surface area (Å²) in [5.41, 5.74) is 1.82. The maximum absolute atomic E-state index is 11.5. The van der Waals surface area contributed by atoms with Crippen molar-refractivity contribution in [3.63, 3.8) is 0 Å². The van der Waals surface area contributed by atoms with Crippen molar-refractivity contribution < 1.29 is 9.53 Å². The number of para-hydroxylation sites is 1. The molecule has 3 heteroatoms. The van der Waals surface area contributed by atoms with Gasteiger partial charge in [-0.15, -0.1) is 0 Å². The lowest BCUT2D eigenvalue weighted by atomic mass is 10.1. The topological polar surface area (TPSA) is 29.5 Å². The van der Waals surface area contributed by atoms with Crippen molar-refractivity contribution in [1.29, 1.82) is 0 Å². The summed E-state index contributed by atoms with van der Waals surface area (Å²) in [6.07, 6.45) is 6.95. The molecule has 0 N–H and O–H groups in total. The van der Waals surface area contributed by atoms with Gasteiger partial charge in [0.2, 0.25) is 0 Å². The Morgan fingerprint density at radius 2 is 2.07 bits per heavy atom. The van der Waals surface area contributed by atoms with Crippen LogP contribution in [0.3, 0.4) is 0 Å². The third-order valence-corrected chi connectivity index (χ3v) is 2.19. The Balaban J connectivity index is 2.48. The zero-order valence-electron chi connectivity index (χ0n) is 8.38. The first-order valence-corrected chi connectivity index (χ1v) is 4.64. The largest absolute Gasteiger partial charge is 0.452 e. The van der Waals surface area contributed by atoms with Gasteiger partial charge in [0.25, 0.3) is 0 Å². The molecule has 0 radical (unpaired) electrons. The van der Waals surface area contributed by atoms with Gasteiger partial charge in [-0.1, -0.05) is 30.4 Å². The molecular weight excluding hydrogens is 190 g/mol. The second-order valence-electron chi connectivity index (χ2n) is 3.10. The maximum Gasteiger partial charge on any atom is 0.418 e. The lowest BCUT2D eigenvalue weighted by molar-refractivity contribution is 0.181. The molecule has 0 bridgehead atoms. The zero-order chi connectivity index (χ0) is 10.7. The van der Waals surface area contributed by atoms with Crippen LogP contribution >= 0.6 is 0 Å². The quantitative estimate of drug-likeness (QED) is 0.646. The molecule has 0 saturated heterocycles. The number of hydrogen-bond acceptors (Lipinski definition) is 2. The third-order valence-electron chi connectivity index (χ3n) is 2.19. The molecule has 1 amide bonds. The first kappa shape index (κ1) is 9.52. The number of carbonyl (C=O) groups excluding carboxylic acids is 1. The van der Waals surface area contributed by atoms with Crippen LogP contribution in [-0.4, -0.2) is 13.2 Å². The van der Waals surface area contributed by atoms with E-state index in [0.717, 1.165) is 11.3 Å². The van der Waals surface area contributed by atoms with Gasteiger partial charge in [0.1, 0.15) is 0 Å². The highest BCUT2D eigenvalue weighted by Gasteiger charge is 2.16. The number of allylic oxidation sites excluding steroid dienone is 2. The molecular formula is C12H11NO2. The Labute approximate surface area is 88.3 Å². The zero-order valence-corrected chi connectivity index (χ0v) is 8.38. The van der Waals surface area contributed by atoms with Crippen molar-refractivity contribution in [3.05, 3.63) is 48.2 Å². The highest BCUT2D eigenvalue weighted by atomic mass is 16.5. The summed E-state index contributed by atoms with van der Waals surface area (Å²) in [6, 6.07) is 7.66. The van der Waals surface area contributed by atoms with Crippen LogP contribution < -0.4 is 4.90 Å². The van der Waals surface area contributed by atoms with Gasteiger partial charge in [0.15, 0.2) is 0 Å². The van der Waals surface area contributed by atoms with Crippen LogP contribution in [0, 0.1) is 0 Å². The van der Waals surface area contributed by atoms with Crippen molar-refractivity contribution in [2.24, 2.45) is 0 Å². The Kier molecular flexibility index (Phi) is 2.54. The van der Waals surface area contributed by atoms with Crippen LogP contribution in [0.2, 0.25) is 0 Å². The van der Waals surface area contributed by atoms with Gasteiger partial charge < -0.3 is 4.74 Å². The van der Waals surface area contributed by atoms with E-state index in [2.05, 4.69) is 0 Å². The average molecular weight is 201 g/mol. The van der Waals surface area contributed by atoms with Gasteiger partial charge in [0.05, 0.1) is 12.8 Å². The van der Waals surface area contributed by atoms with E-state index < -0.39 is 0 Å². The van der Waals surface area contributed by atoms with E-state index in [4.69, 9.17) is 4.74 Å². The van der Waals surface area contributed by atoms with Crippen LogP contribution in [0.15, 0.2) is 42.6 Å². The van der Waals surface area contributed by atoms with E-state index >= 15 is 0 Å². The fourth-order valence-electron chi connectivity index (χ4n) is 1.48. The molecule has 0 aromatic heterocycles. The van der Waals surface area contributed by atoms with Crippen molar-refractivity contribution in [2.75, 3.05) is 12.0 Å². The number of hydrogen-bond donors (Lipinski definition) is 0. The van der Waals surface area contributed by atoms with Crippen molar-refractivity contribution in [1.82, 2.24) is 0 Å². The second-order valence-corrected chi connectivity index (χ2v) is 3.10. The highest BCUT2D eigenvalue weighted by molar-refractivity contribution is 5.93. The molecule has 3 nitrogen and oxygen atoms in total. The summed E-state index contributed by atoms with van der Waals surface area (Å²) in [5.74, 6) is 0. The minimum atomic E-state index is -0.387. The fraction of sp³-hybridized carbons (Fsp3) is 0.0833. The molecule has 76 valence electrons. The summed E-state index contributed by atoms with van der Waals surface area (Å²) in [6.45, 7) is 0. The summed E-state index contributed by atoms with van der Waals surface area (Å²) in [5, 5.41) is 0. The molecule has 1 aromatic rings. The molecule has 0 unspecified atom stereocenters. The minimum Gasteiger partial charge on any atom is -0.452 e. The molecule has 1 heterocycles. The Bertz CT molecular complexity index is 435. The van der Waals surface area contributed by atoms with Gasteiger partial charge in [-0.2, -0.15) is 0 Å². The molecule has 0 atom stereocenters. The summed E-state index contributed by atoms with van der Waals surface area (Å²) >= 11 is 0. The summed E-state index contributed by atoms with van der Waals surface area (Å²) in [7, 11) is 1.37. The molecule has 1 aromatic carbocycles. The van der Waals surface area contributed by atoms with E-state index in [1.165, 1.54) is 12.0 Å². The number of nitrogens with zero attached hydrogens (tertiary/aromatic N) is 1. The Morgan fingerprint density at radius 1 is 1.27 bits per heavy atom. The van der Waals surface area contributed by atoms with Crippen LogP contribution in [0.5, 0.6) is 0 Å². The van der Waals surface area contributed by atoms with E-state index in [-0.39, 0.29) is 6.09 Å². The molecule has 2 rings (SSSR count). The molecule has 15 heavy (non-hydrogen) atoms. The standard InChI is InChI=1S/C12H11NO2/c1-15-12(14)13-9-5-4-7-10-6-2-3-8-11(10)13/h2-9H,1H3. The van der Waals surface area contributed by atoms with Gasteiger partial charge in [-0.25, -0.2) is 4.79 Å². The van der Waals surface area contributed by atoms with Gasteiger partial charge in [-0.3, -0.25) is 4.90 Å². The Hall–Kier alpha value is -2.03. The van der Waals surface area contributed by atoms with Crippen LogP contribution in [0.1, 0.15) is 5.56 Å². The molecule has 0 aliphatic carbocycles. The van der Waals surface area contributed by atoms with Gasteiger partial charge >= 0.3 is 6.09 Å². The molecule has 0 fully saturated rings. The lowest BCUT2D eigenvalue weighted by Gasteiger charge is -2.17. The van der Waals surface area contributed by atoms with E-state index in [0.29, 0.717) is 0 Å². The molecule has 1 aliphatic heterocycles. The lowest BCUT2D eigenvalue weighted by Crippen LogP contribution is -2.25. The number of benzene rings is 1. The highest BCUT2D eigenvalue weighted by Crippen LogP contribution is 2.24. The predicted octanol–water partition coefficient (Wildman–Crippen LogP) is 2.80. The second kappa shape index (κ2) is 4.00. The van der Waals surface area contributed by atoms with Crippen LogP contribution in [0.25, 0.3) is 6.08 Å². The molecule has 0 spiro atoms. The SMILES string of the molecule is COC(=O)N1C=CC=Cc2ccccc21. The molecule has 0 saturated carbocycles. The van der Waals surface area contributed by atoms with E-state index in [1.807, 2.05) is 36.4 Å². The van der Waals surface area contributed by atoms with Crippen molar-refractivity contribution >= 4 is 17.9 Å². The number of methoxy groups -OCH3 is 1. The smallest absolute Gasteiger partial charge is 0.418 e. The third kappa shape index (κ3) is 1.76. The normalized spacial score (nSPS) is 13.3. The number of carbonyl (C=O) groups is 1. The number of anilines is 1. The average Bonchev–Trinajstić information content (AvgIpc) is 2.50. The van der Waals surface area contributed by atoms with Crippen molar-refractivity contribution in [3.8, 4) is 0 Å². The minimum absolute atomic E-state index is 0.387. The van der Waals surface area contributed by atoms with Gasteiger partial charge in [0, 0.05) is 6.20 Å². The van der Waals surface area contributed by atoms with Gasteiger partial charge in [-0.05, 0) is 17.7 Å². The summed E-state index contributed by atoms with van der Waals surface area (Å²) < 4.78 is 4.71. The monoisotopic (exact) mass is 201 g/mol. The number of amides is 1.